The van der Waals surface area contributed by atoms with E-state index in [1.807, 2.05) is 13.2 Å². The van der Waals surface area contributed by atoms with Crippen molar-refractivity contribution in [1.29, 1.82) is 0 Å². The Hall–Kier alpha value is -3.09. The number of carbonyl (C=O) groups is 1. The van der Waals surface area contributed by atoms with E-state index >= 15 is 0 Å². The van der Waals surface area contributed by atoms with Crippen molar-refractivity contribution in [3.05, 3.63) is 59.3 Å². The maximum Gasteiger partial charge on any atom is 0.335 e. The van der Waals surface area contributed by atoms with Crippen LogP contribution in [0.2, 0.25) is 0 Å². The zero-order valence-electron chi connectivity index (χ0n) is 23.0. The Bertz CT molecular complexity index is 1530. The lowest BCUT2D eigenvalue weighted by Crippen LogP contribution is -2.36. The first kappa shape index (κ1) is 24.9. The van der Waals surface area contributed by atoms with Gasteiger partial charge in [0.25, 0.3) is 0 Å². The normalized spacial score (nSPS) is 19.3. The molecule has 0 amide bonds. The number of aryl methyl sites for hydroxylation is 2. The third-order valence-electron chi connectivity index (χ3n) is 9.64. The summed E-state index contributed by atoms with van der Waals surface area (Å²) in [7, 11) is 1.83. The maximum absolute atomic E-state index is 11.9. The molecule has 1 saturated carbocycles. The number of carboxylic acid groups (broad SMARTS) is 1. The van der Waals surface area contributed by atoms with Gasteiger partial charge >= 0.3 is 5.97 Å². The van der Waals surface area contributed by atoms with Crippen molar-refractivity contribution in [1.82, 2.24) is 14.0 Å². The molecule has 2 fully saturated rings. The smallest absolute Gasteiger partial charge is 0.335 e. The molecule has 0 atom stereocenters. The number of benzene rings is 2. The van der Waals surface area contributed by atoms with Crippen molar-refractivity contribution in [3.63, 3.8) is 0 Å². The third-order valence-corrected chi connectivity index (χ3v) is 9.64. The molecule has 2 aromatic heterocycles. The first-order valence-electron chi connectivity index (χ1n) is 14.9. The standard InChI is InChI=1S/C33H39N3O3/c1-39-25-13-17-34(18-14-25)20-24-21-35-15-6-16-36-29-19-23(33(37)38)11-12-27(29)30(22-7-3-2-4-8-22)32(36)28-10-5-9-26(24)31(28)35/h5,9-12,19,21-22,25H,2-4,6-8,13-18,20H2,1H3,(H,37,38). The predicted molar refractivity (Wildman–Crippen MR) is 156 cm³/mol. The molecule has 6 nitrogen and oxygen atoms in total. The molecule has 2 aromatic carbocycles. The number of aromatic nitrogens is 2. The van der Waals surface area contributed by atoms with Gasteiger partial charge in [0.15, 0.2) is 0 Å². The molecule has 6 heteroatoms. The summed E-state index contributed by atoms with van der Waals surface area (Å²) in [5, 5.41) is 12.4. The summed E-state index contributed by atoms with van der Waals surface area (Å²) in [6, 6.07) is 12.7. The van der Waals surface area contributed by atoms with Gasteiger partial charge in [0.2, 0.25) is 0 Å². The topological polar surface area (TPSA) is 59.6 Å². The summed E-state index contributed by atoms with van der Waals surface area (Å²) >= 11 is 0. The summed E-state index contributed by atoms with van der Waals surface area (Å²) in [6.07, 6.45) is 12.3. The highest BCUT2D eigenvalue weighted by Crippen LogP contribution is 2.47. The Labute approximate surface area is 230 Å². The van der Waals surface area contributed by atoms with Gasteiger partial charge < -0.3 is 19.0 Å². The van der Waals surface area contributed by atoms with Crippen LogP contribution in [-0.2, 0) is 24.4 Å². The monoisotopic (exact) mass is 525 g/mol. The van der Waals surface area contributed by atoms with Crippen LogP contribution in [0.1, 0.15) is 78.8 Å². The molecule has 4 aromatic rings. The molecular formula is C33H39N3O3. The number of aromatic carboxylic acids is 1. The van der Waals surface area contributed by atoms with E-state index in [-0.39, 0.29) is 0 Å². The Balaban J connectivity index is 1.40. The van der Waals surface area contributed by atoms with Crippen LogP contribution in [0, 0.1) is 0 Å². The highest BCUT2D eigenvalue weighted by molar-refractivity contribution is 6.03. The second kappa shape index (κ2) is 10.1. The molecule has 0 radical (unpaired) electrons. The fourth-order valence-electron chi connectivity index (χ4n) is 7.71. The van der Waals surface area contributed by atoms with Crippen LogP contribution >= 0.6 is 0 Å². The van der Waals surface area contributed by atoms with E-state index < -0.39 is 5.97 Å². The van der Waals surface area contributed by atoms with E-state index in [1.54, 1.807) is 6.07 Å². The molecule has 1 N–H and O–H groups in total. The highest BCUT2D eigenvalue weighted by atomic mass is 16.5. The average molecular weight is 526 g/mol. The van der Waals surface area contributed by atoms with Gasteiger partial charge in [0.05, 0.1) is 22.9 Å². The summed E-state index contributed by atoms with van der Waals surface area (Å²) in [4.78, 5) is 14.5. The zero-order chi connectivity index (χ0) is 26.5. The number of hydrogen-bond donors (Lipinski definition) is 1. The van der Waals surface area contributed by atoms with Crippen LogP contribution < -0.4 is 0 Å². The van der Waals surface area contributed by atoms with Crippen molar-refractivity contribution in [3.8, 4) is 11.3 Å². The SMILES string of the molecule is COC1CCN(Cc2cn3c4c(cccc24)-c2c(C4CCCCC4)c4ccc(C(=O)O)cc4n2CCC3)CC1. The van der Waals surface area contributed by atoms with Crippen LogP contribution in [0.5, 0.6) is 0 Å². The molecule has 0 spiro atoms. The lowest BCUT2D eigenvalue weighted by molar-refractivity contribution is 0.0389. The molecule has 7 rings (SSSR count). The molecule has 1 saturated heterocycles. The summed E-state index contributed by atoms with van der Waals surface area (Å²) in [5.41, 5.74) is 8.32. The van der Waals surface area contributed by atoms with Crippen molar-refractivity contribution in [2.45, 2.75) is 83.0 Å². The van der Waals surface area contributed by atoms with Crippen molar-refractivity contribution in [2.24, 2.45) is 0 Å². The first-order chi connectivity index (χ1) is 19.1. The molecule has 3 aliphatic rings. The van der Waals surface area contributed by atoms with E-state index in [9.17, 15) is 9.90 Å². The largest absolute Gasteiger partial charge is 0.478 e. The average Bonchev–Trinajstić information content (AvgIpc) is 3.47. The van der Waals surface area contributed by atoms with Crippen molar-refractivity contribution >= 4 is 27.8 Å². The number of piperidine rings is 1. The van der Waals surface area contributed by atoms with Gasteiger partial charge in [-0.3, -0.25) is 4.90 Å². The molecule has 39 heavy (non-hydrogen) atoms. The van der Waals surface area contributed by atoms with Crippen LogP contribution in [0.25, 0.3) is 33.1 Å². The number of fused-ring (bicyclic) bond motifs is 4. The summed E-state index contributed by atoms with van der Waals surface area (Å²) < 4.78 is 10.6. The lowest BCUT2D eigenvalue weighted by atomic mass is 9.81. The number of methoxy groups -OCH3 is 1. The minimum atomic E-state index is -0.854. The predicted octanol–water partition coefficient (Wildman–Crippen LogP) is 7.02. The van der Waals surface area contributed by atoms with Gasteiger partial charge in [-0.25, -0.2) is 4.79 Å². The van der Waals surface area contributed by atoms with Crippen LogP contribution in [0.15, 0.2) is 42.6 Å². The Kier molecular flexibility index (Phi) is 6.48. The Morgan fingerprint density at radius 3 is 2.54 bits per heavy atom. The number of para-hydroxylation sites is 1. The van der Waals surface area contributed by atoms with Gasteiger partial charge in [0, 0.05) is 67.9 Å². The second-order valence-corrected chi connectivity index (χ2v) is 11.9. The lowest BCUT2D eigenvalue weighted by Gasteiger charge is -2.31. The fourth-order valence-corrected chi connectivity index (χ4v) is 7.71. The van der Waals surface area contributed by atoms with E-state index in [0.717, 1.165) is 57.5 Å². The molecule has 2 aliphatic heterocycles. The maximum atomic E-state index is 11.9. The molecule has 0 bridgehead atoms. The first-order valence-corrected chi connectivity index (χ1v) is 14.9. The third kappa shape index (κ3) is 4.29. The van der Waals surface area contributed by atoms with E-state index in [2.05, 4.69) is 44.5 Å². The summed E-state index contributed by atoms with van der Waals surface area (Å²) in [5.74, 6) is -0.333. The number of rotatable bonds is 5. The number of carboxylic acids is 1. The van der Waals surface area contributed by atoms with E-state index in [0.29, 0.717) is 17.6 Å². The zero-order valence-corrected chi connectivity index (χ0v) is 23.0. The fraction of sp³-hybridized carbons (Fsp3) is 0.485. The van der Waals surface area contributed by atoms with E-state index in [4.69, 9.17) is 4.74 Å². The molecule has 1 aliphatic carbocycles. The van der Waals surface area contributed by atoms with Crippen LogP contribution in [0.4, 0.5) is 0 Å². The number of likely N-dealkylation sites (tertiary alicyclic amines) is 1. The minimum absolute atomic E-state index is 0.376. The molecule has 204 valence electrons. The molecule has 4 heterocycles. The van der Waals surface area contributed by atoms with Crippen LogP contribution in [0.3, 0.4) is 0 Å². The van der Waals surface area contributed by atoms with Gasteiger partial charge in [0.1, 0.15) is 0 Å². The second-order valence-electron chi connectivity index (χ2n) is 11.9. The van der Waals surface area contributed by atoms with Gasteiger partial charge in [-0.1, -0.05) is 43.5 Å². The minimum Gasteiger partial charge on any atom is -0.478 e. The molecule has 0 unspecified atom stereocenters. The van der Waals surface area contributed by atoms with Gasteiger partial charge in [-0.2, -0.15) is 0 Å². The van der Waals surface area contributed by atoms with E-state index in [1.165, 1.54) is 70.8 Å². The number of ether oxygens (including phenoxy) is 1. The number of nitrogens with zero attached hydrogens (tertiary/aromatic N) is 3. The highest BCUT2D eigenvalue weighted by Gasteiger charge is 2.30. The Morgan fingerprint density at radius 2 is 1.77 bits per heavy atom. The van der Waals surface area contributed by atoms with Gasteiger partial charge in [-0.05, 0) is 61.3 Å². The quantitative estimate of drug-likeness (QED) is 0.304. The van der Waals surface area contributed by atoms with Crippen LogP contribution in [-0.4, -0.2) is 51.4 Å². The van der Waals surface area contributed by atoms with Crippen molar-refractivity contribution < 1.29 is 14.6 Å². The van der Waals surface area contributed by atoms with Gasteiger partial charge in [-0.15, -0.1) is 0 Å². The van der Waals surface area contributed by atoms with Crippen molar-refractivity contribution in [2.75, 3.05) is 20.2 Å². The summed E-state index contributed by atoms with van der Waals surface area (Å²) in [6.45, 7) is 5.00. The molecular weight excluding hydrogens is 486 g/mol. The Morgan fingerprint density at radius 1 is 0.949 bits per heavy atom. The number of hydrogen-bond acceptors (Lipinski definition) is 3.